The van der Waals surface area contributed by atoms with Crippen molar-refractivity contribution in [3.63, 3.8) is 0 Å². The number of halogens is 3. The lowest BCUT2D eigenvalue weighted by Crippen LogP contribution is -2.30. The molecule has 0 unspecified atom stereocenters. The standard InChI is InChI=1S/C37H39F3N4O6/c1-37(2,3)50-36(48)44-28(19-25-18-27(39)21-31(34(25)44)49-23-24-13-14-26(38)20-29(24)40)22-43-17-9-10-30(35(43)47)41-32(45)11-5-4-6-12-33(46)42-15-7-8-16-42/h6,9-10,12-14,17-21H,4-5,7-8,11,15-16,22-23H2,1-3H3,(H,41,45)/b12-6+. The van der Waals surface area contributed by atoms with E-state index in [0.717, 1.165) is 42.6 Å². The van der Waals surface area contributed by atoms with Crippen LogP contribution in [0.25, 0.3) is 10.9 Å². The van der Waals surface area contributed by atoms with Crippen molar-refractivity contribution in [1.29, 1.82) is 0 Å². The van der Waals surface area contributed by atoms with E-state index in [-0.39, 0.29) is 58.4 Å². The number of likely N-dealkylation sites (tertiary alicyclic amines) is 1. The second-order valence-electron chi connectivity index (χ2n) is 13.0. The molecule has 0 aliphatic carbocycles. The summed E-state index contributed by atoms with van der Waals surface area (Å²) < 4.78 is 56.5. The zero-order valence-electron chi connectivity index (χ0n) is 28.1. The van der Waals surface area contributed by atoms with Crippen molar-refractivity contribution in [2.24, 2.45) is 0 Å². The number of carbonyl (C=O) groups is 3. The van der Waals surface area contributed by atoms with E-state index < -0.39 is 41.3 Å². The molecule has 2 amide bonds. The van der Waals surface area contributed by atoms with Gasteiger partial charge in [-0.05, 0) is 88.9 Å². The van der Waals surface area contributed by atoms with E-state index in [2.05, 4.69) is 5.32 Å². The molecule has 10 nitrogen and oxygen atoms in total. The average Bonchev–Trinajstić information content (AvgIpc) is 3.70. The minimum Gasteiger partial charge on any atom is -0.486 e. The van der Waals surface area contributed by atoms with Gasteiger partial charge in [-0.2, -0.15) is 0 Å². The smallest absolute Gasteiger partial charge is 0.419 e. The number of nitrogens with one attached hydrogen (secondary N) is 1. The molecule has 3 heterocycles. The van der Waals surface area contributed by atoms with E-state index in [0.29, 0.717) is 18.9 Å². The molecule has 264 valence electrons. The SMILES string of the molecule is CC(C)(C)OC(=O)n1c(Cn2cccc(NC(=O)CCC/C=C/C(=O)N3CCCC3)c2=O)cc2cc(F)cc(OCc3ccc(F)cc3F)c21. The maximum Gasteiger partial charge on any atom is 0.419 e. The zero-order chi connectivity index (χ0) is 36.0. The van der Waals surface area contributed by atoms with Crippen LogP contribution in [0.4, 0.5) is 23.7 Å². The van der Waals surface area contributed by atoms with Crippen LogP contribution < -0.4 is 15.6 Å². The summed E-state index contributed by atoms with van der Waals surface area (Å²) in [5.74, 6) is -2.83. The van der Waals surface area contributed by atoms with Crippen molar-refractivity contribution in [3.8, 4) is 5.75 Å². The maximum absolute atomic E-state index is 14.8. The molecule has 2 aromatic heterocycles. The molecule has 5 rings (SSSR count). The van der Waals surface area contributed by atoms with Crippen molar-refractivity contribution in [2.45, 2.75) is 71.6 Å². The van der Waals surface area contributed by atoms with Crippen molar-refractivity contribution in [3.05, 3.63) is 106 Å². The van der Waals surface area contributed by atoms with Crippen LogP contribution in [-0.2, 0) is 27.5 Å². The first kappa shape index (κ1) is 36.0. The fourth-order valence-electron chi connectivity index (χ4n) is 5.62. The fraction of sp³-hybridized carbons (Fsp3) is 0.351. The summed E-state index contributed by atoms with van der Waals surface area (Å²) in [5.41, 5.74) is -1.09. The largest absolute Gasteiger partial charge is 0.486 e. The van der Waals surface area contributed by atoms with E-state index in [9.17, 15) is 32.3 Å². The molecule has 13 heteroatoms. The molecular formula is C37H39F3N4O6. The Morgan fingerprint density at radius 3 is 2.46 bits per heavy atom. The lowest BCUT2D eigenvalue weighted by atomic mass is 10.2. The number of fused-ring (bicyclic) bond motifs is 1. The van der Waals surface area contributed by atoms with Crippen LogP contribution in [0.2, 0.25) is 0 Å². The number of pyridine rings is 1. The second kappa shape index (κ2) is 15.5. The molecule has 1 fully saturated rings. The Kier molecular flexibility index (Phi) is 11.1. The molecule has 4 aromatic rings. The number of unbranched alkanes of at least 4 members (excludes halogenated alkanes) is 1. The van der Waals surface area contributed by atoms with Gasteiger partial charge in [-0.1, -0.05) is 6.08 Å². The van der Waals surface area contributed by atoms with Gasteiger partial charge in [0.2, 0.25) is 11.8 Å². The lowest BCUT2D eigenvalue weighted by Gasteiger charge is -2.21. The Morgan fingerprint density at radius 1 is 0.980 bits per heavy atom. The number of rotatable bonds is 11. The van der Waals surface area contributed by atoms with Gasteiger partial charge in [-0.15, -0.1) is 0 Å². The van der Waals surface area contributed by atoms with Crippen LogP contribution in [0.5, 0.6) is 5.75 Å². The highest BCUT2D eigenvalue weighted by Gasteiger charge is 2.26. The normalized spacial score (nSPS) is 13.3. The summed E-state index contributed by atoms with van der Waals surface area (Å²) in [4.78, 5) is 53.7. The minimum absolute atomic E-state index is 0.00825. The molecule has 0 bridgehead atoms. The first-order valence-corrected chi connectivity index (χ1v) is 16.4. The second-order valence-corrected chi connectivity index (χ2v) is 13.0. The number of aromatic nitrogens is 2. The van der Waals surface area contributed by atoms with Crippen LogP contribution in [0.3, 0.4) is 0 Å². The minimum atomic E-state index is -0.927. The van der Waals surface area contributed by atoms with E-state index in [1.165, 1.54) is 41.1 Å². The van der Waals surface area contributed by atoms with Gasteiger partial charge in [0.25, 0.3) is 5.56 Å². The average molecular weight is 693 g/mol. The highest BCUT2D eigenvalue weighted by atomic mass is 19.1. The van der Waals surface area contributed by atoms with Gasteiger partial charge < -0.3 is 24.3 Å². The summed E-state index contributed by atoms with van der Waals surface area (Å²) in [7, 11) is 0. The first-order valence-electron chi connectivity index (χ1n) is 16.4. The molecule has 0 saturated carbocycles. The van der Waals surface area contributed by atoms with Gasteiger partial charge in [0.15, 0.2) is 0 Å². The molecule has 0 spiro atoms. The van der Waals surface area contributed by atoms with Crippen LogP contribution in [0, 0.1) is 17.5 Å². The quantitative estimate of drug-likeness (QED) is 0.135. The molecule has 1 N–H and O–H groups in total. The predicted octanol–water partition coefficient (Wildman–Crippen LogP) is 6.92. The van der Waals surface area contributed by atoms with Crippen LogP contribution >= 0.6 is 0 Å². The zero-order valence-corrected chi connectivity index (χ0v) is 28.1. The first-order chi connectivity index (χ1) is 23.8. The van der Waals surface area contributed by atoms with Crippen LogP contribution in [0.15, 0.2) is 71.7 Å². The number of allylic oxidation sites excluding steroid dienone is 1. The number of carbonyl (C=O) groups excluding carboxylic acids is 3. The Morgan fingerprint density at radius 2 is 1.74 bits per heavy atom. The molecule has 50 heavy (non-hydrogen) atoms. The van der Waals surface area contributed by atoms with Crippen molar-refractivity contribution in [1.82, 2.24) is 14.0 Å². The number of benzene rings is 2. The summed E-state index contributed by atoms with van der Waals surface area (Å²) in [5, 5.41) is 2.88. The van der Waals surface area contributed by atoms with Crippen LogP contribution in [0.1, 0.15) is 64.1 Å². The Balaban J connectivity index is 1.36. The summed E-state index contributed by atoms with van der Waals surface area (Å²) in [6, 6.07) is 9.73. The number of anilines is 1. The van der Waals surface area contributed by atoms with Gasteiger partial charge in [0, 0.05) is 48.8 Å². The highest BCUT2D eigenvalue weighted by molar-refractivity contribution is 5.95. The number of nitrogens with zero attached hydrogens (tertiary/aromatic N) is 3. The predicted molar refractivity (Wildman–Crippen MR) is 181 cm³/mol. The highest BCUT2D eigenvalue weighted by Crippen LogP contribution is 2.33. The van der Waals surface area contributed by atoms with E-state index in [4.69, 9.17) is 9.47 Å². The molecular weight excluding hydrogens is 653 g/mol. The van der Waals surface area contributed by atoms with Crippen molar-refractivity contribution < 1.29 is 37.0 Å². The molecule has 2 aromatic carbocycles. The molecule has 1 aliphatic rings. The number of ether oxygens (including phenoxy) is 2. The van der Waals surface area contributed by atoms with Gasteiger partial charge in [-0.3, -0.25) is 14.4 Å². The third kappa shape index (κ3) is 9.01. The summed E-state index contributed by atoms with van der Waals surface area (Å²) >= 11 is 0. The third-order valence-corrected chi connectivity index (χ3v) is 7.96. The van der Waals surface area contributed by atoms with Gasteiger partial charge in [-0.25, -0.2) is 22.5 Å². The van der Waals surface area contributed by atoms with Crippen LogP contribution in [-0.4, -0.2) is 50.6 Å². The van der Waals surface area contributed by atoms with E-state index >= 15 is 0 Å². The Bertz CT molecular complexity index is 1990. The third-order valence-electron chi connectivity index (χ3n) is 7.96. The molecule has 0 atom stereocenters. The van der Waals surface area contributed by atoms with Crippen molar-refractivity contribution in [2.75, 3.05) is 18.4 Å². The fourth-order valence-corrected chi connectivity index (χ4v) is 5.62. The number of hydrogen-bond acceptors (Lipinski definition) is 6. The Labute approximate surface area is 287 Å². The van der Waals surface area contributed by atoms with Gasteiger partial charge >= 0.3 is 6.09 Å². The van der Waals surface area contributed by atoms with Crippen molar-refractivity contribution >= 4 is 34.5 Å². The number of amides is 2. The maximum atomic E-state index is 14.8. The van der Waals surface area contributed by atoms with Gasteiger partial charge in [0.05, 0.1) is 12.2 Å². The number of hydrogen-bond donors (Lipinski definition) is 1. The van der Waals surface area contributed by atoms with E-state index in [1.807, 2.05) is 0 Å². The van der Waals surface area contributed by atoms with E-state index in [1.54, 1.807) is 37.8 Å². The lowest BCUT2D eigenvalue weighted by molar-refractivity contribution is -0.125. The van der Waals surface area contributed by atoms with Gasteiger partial charge in [0.1, 0.15) is 46.6 Å². The summed E-state index contributed by atoms with van der Waals surface area (Å²) in [6.07, 6.45) is 7.06. The molecule has 0 radical (unpaired) electrons. The topological polar surface area (TPSA) is 112 Å². The monoisotopic (exact) mass is 692 g/mol. The molecule has 1 saturated heterocycles. The summed E-state index contributed by atoms with van der Waals surface area (Å²) in [6.45, 7) is 5.97. The molecule has 1 aliphatic heterocycles. The Hall–Kier alpha value is -5.33.